The number of aromatic nitrogens is 1. The monoisotopic (exact) mass is 357 g/mol. The third-order valence-electron chi connectivity index (χ3n) is 4.59. The number of hydrogen-bond acceptors (Lipinski definition) is 3. The summed E-state index contributed by atoms with van der Waals surface area (Å²) in [6.45, 7) is 10.7. The molecule has 26 heavy (non-hydrogen) atoms. The second kappa shape index (κ2) is 9.25. The van der Waals surface area contributed by atoms with Crippen molar-refractivity contribution in [1.29, 1.82) is 0 Å². The van der Waals surface area contributed by atoms with Crippen molar-refractivity contribution in [1.82, 2.24) is 4.98 Å². The number of hydrogen-bond donors (Lipinski definition) is 0. The Hall–Kier alpha value is -1.77. The van der Waals surface area contributed by atoms with Crippen molar-refractivity contribution in [3.63, 3.8) is 0 Å². The van der Waals surface area contributed by atoms with E-state index in [4.69, 9.17) is 14.5 Å². The summed E-state index contributed by atoms with van der Waals surface area (Å²) in [7, 11) is 1.71. The van der Waals surface area contributed by atoms with Crippen LogP contribution >= 0.6 is 0 Å². The van der Waals surface area contributed by atoms with Crippen LogP contribution < -0.4 is 9.47 Å². The third-order valence-corrected chi connectivity index (χ3v) is 4.59. The molecule has 0 spiro atoms. The van der Waals surface area contributed by atoms with Gasteiger partial charge in [-0.05, 0) is 58.1 Å². The molecule has 0 aliphatic rings. The minimum Gasteiger partial charge on any atom is -0.494 e. The van der Waals surface area contributed by atoms with Crippen molar-refractivity contribution in [3.8, 4) is 11.6 Å². The van der Waals surface area contributed by atoms with Gasteiger partial charge in [-0.1, -0.05) is 45.2 Å². The Morgan fingerprint density at radius 3 is 2.23 bits per heavy atom. The molecule has 1 aromatic carbocycles. The first-order valence-electron chi connectivity index (χ1n) is 10.1. The minimum atomic E-state index is -0.273. The van der Waals surface area contributed by atoms with Gasteiger partial charge in [0.15, 0.2) is 0 Å². The van der Waals surface area contributed by atoms with Crippen molar-refractivity contribution < 1.29 is 9.47 Å². The maximum atomic E-state index is 6.32. The van der Waals surface area contributed by atoms with Gasteiger partial charge >= 0.3 is 0 Å². The molecule has 144 valence electrons. The summed E-state index contributed by atoms with van der Waals surface area (Å²) >= 11 is 0. The number of pyridine rings is 1. The Kier molecular flexibility index (Phi) is 7.31. The highest BCUT2D eigenvalue weighted by Crippen LogP contribution is 2.36. The van der Waals surface area contributed by atoms with Gasteiger partial charge in [0.25, 0.3) is 0 Å². The van der Waals surface area contributed by atoms with Gasteiger partial charge in [0.1, 0.15) is 16.9 Å². The first-order chi connectivity index (χ1) is 12.4. The summed E-state index contributed by atoms with van der Waals surface area (Å²) in [6.07, 6.45) is 8.07. The van der Waals surface area contributed by atoms with Crippen molar-refractivity contribution in [3.05, 3.63) is 29.3 Å². The molecule has 0 N–H and O–H groups in total. The number of unbranched alkanes of at least 4 members (excludes halogenated alkanes) is 3. The van der Waals surface area contributed by atoms with Gasteiger partial charge in [-0.3, -0.25) is 0 Å². The van der Waals surface area contributed by atoms with Gasteiger partial charge < -0.3 is 9.47 Å². The van der Waals surface area contributed by atoms with Crippen LogP contribution in [0.3, 0.4) is 0 Å². The zero-order chi connectivity index (χ0) is 19.2. The number of benzene rings is 1. The average molecular weight is 358 g/mol. The van der Waals surface area contributed by atoms with Crippen LogP contribution in [0.1, 0.15) is 77.8 Å². The second-order valence-electron chi connectivity index (χ2n) is 8.01. The summed E-state index contributed by atoms with van der Waals surface area (Å²) in [5.41, 5.74) is 3.33. The zero-order valence-electron chi connectivity index (χ0n) is 17.4. The molecule has 0 atom stereocenters. The normalized spacial score (nSPS) is 11.8. The summed E-state index contributed by atoms with van der Waals surface area (Å²) < 4.78 is 11.9. The Morgan fingerprint density at radius 1 is 0.923 bits per heavy atom. The largest absolute Gasteiger partial charge is 0.494 e. The van der Waals surface area contributed by atoms with Gasteiger partial charge in [0.05, 0.1) is 7.11 Å². The average Bonchev–Trinajstić information content (AvgIpc) is 2.59. The lowest BCUT2D eigenvalue weighted by Crippen LogP contribution is -2.25. The number of nitrogens with zero attached hydrogens (tertiary/aromatic N) is 1. The molecule has 1 aromatic heterocycles. The molecule has 3 nitrogen and oxygen atoms in total. The molecule has 0 fully saturated rings. The Labute approximate surface area is 159 Å². The maximum absolute atomic E-state index is 6.32. The van der Waals surface area contributed by atoms with Crippen LogP contribution in [0, 0.1) is 0 Å². The maximum Gasteiger partial charge on any atom is 0.218 e. The minimum absolute atomic E-state index is 0.273. The number of methoxy groups -OCH3 is 1. The van der Waals surface area contributed by atoms with Gasteiger partial charge in [-0.15, -0.1) is 0 Å². The van der Waals surface area contributed by atoms with Crippen LogP contribution in [-0.4, -0.2) is 17.7 Å². The topological polar surface area (TPSA) is 31.4 Å². The van der Waals surface area contributed by atoms with Crippen molar-refractivity contribution >= 4 is 10.9 Å². The van der Waals surface area contributed by atoms with Crippen molar-refractivity contribution in [2.75, 3.05) is 7.11 Å². The van der Waals surface area contributed by atoms with E-state index < -0.39 is 0 Å². The molecule has 2 rings (SSSR count). The molecule has 0 unspecified atom stereocenters. The molecule has 0 aliphatic heterocycles. The fourth-order valence-corrected chi connectivity index (χ4v) is 3.33. The smallest absolute Gasteiger partial charge is 0.218 e. The van der Waals surface area contributed by atoms with E-state index in [1.807, 2.05) is 6.07 Å². The molecular weight excluding hydrogens is 322 g/mol. The number of ether oxygens (including phenoxy) is 2. The van der Waals surface area contributed by atoms with Gasteiger partial charge in [-0.2, -0.15) is 0 Å². The molecule has 1 heterocycles. The van der Waals surface area contributed by atoms with E-state index >= 15 is 0 Å². The van der Waals surface area contributed by atoms with Crippen molar-refractivity contribution in [2.45, 2.75) is 85.2 Å². The number of para-hydroxylation sites is 1. The Balaban J connectivity index is 2.67. The molecule has 0 saturated heterocycles. The molecule has 3 heteroatoms. The van der Waals surface area contributed by atoms with E-state index in [0.717, 1.165) is 36.4 Å². The quantitative estimate of drug-likeness (QED) is 0.480. The van der Waals surface area contributed by atoms with Crippen LogP contribution in [0.4, 0.5) is 0 Å². The van der Waals surface area contributed by atoms with Crippen LogP contribution in [0.5, 0.6) is 11.6 Å². The van der Waals surface area contributed by atoms with Crippen LogP contribution in [0.25, 0.3) is 10.9 Å². The highest BCUT2D eigenvalue weighted by molar-refractivity contribution is 5.89. The SMILES string of the molecule is CCCCCc1c(CCCC)c(OC(C)(C)C)nc2c(OC)cccc12. The first-order valence-corrected chi connectivity index (χ1v) is 10.1. The Bertz CT molecular complexity index is 716. The van der Waals surface area contributed by atoms with Crippen LogP contribution in [0.2, 0.25) is 0 Å². The molecule has 0 amide bonds. The van der Waals surface area contributed by atoms with Gasteiger partial charge in [-0.25, -0.2) is 4.98 Å². The lowest BCUT2D eigenvalue weighted by Gasteiger charge is -2.25. The van der Waals surface area contributed by atoms with Crippen LogP contribution in [-0.2, 0) is 12.8 Å². The fourth-order valence-electron chi connectivity index (χ4n) is 3.33. The lowest BCUT2D eigenvalue weighted by atomic mass is 9.94. The van der Waals surface area contributed by atoms with E-state index in [1.54, 1.807) is 7.11 Å². The number of aryl methyl sites for hydroxylation is 1. The first kappa shape index (κ1) is 20.5. The van der Waals surface area contributed by atoms with E-state index in [0.29, 0.717) is 0 Å². The predicted molar refractivity (Wildman–Crippen MR) is 111 cm³/mol. The zero-order valence-corrected chi connectivity index (χ0v) is 17.4. The highest BCUT2D eigenvalue weighted by atomic mass is 16.5. The molecule has 2 aromatic rings. The molecular formula is C23H35NO2. The lowest BCUT2D eigenvalue weighted by molar-refractivity contribution is 0.122. The number of fused-ring (bicyclic) bond motifs is 1. The molecule has 0 bridgehead atoms. The third kappa shape index (κ3) is 5.12. The fraction of sp³-hybridized carbons (Fsp3) is 0.609. The summed E-state index contributed by atoms with van der Waals surface area (Å²) in [4.78, 5) is 4.93. The number of rotatable bonds is 9. The van der Waals surface area contributed by atoms with Gasteiger partial charge in [0, 0.05) is 10.9 Å². The van der Waals surface area contributed by atoms with Gasteiger partial charge in [0.2, 0.25) is 5.88 Å². The van der Waals surface area contributed by atoms with E-state index in [-0.39, 0.29) is 5.60 Å². The van der Waals surface area contributed by atoms with Crippen LogP contribution in [0.15, 0.2) is 18.2 Å². The second-order valence-corrected chi connectivity index (χ2v) is 8.01. The van der Waals surface area contributed by atoms with E-state index in [9.17, 15) is 0 Å². The molecule has 0 aliphatic carbocycles. The Morgan fingerprint density at radius 2 is 1.62 bits per heavy atom. The standard InChI is InChI=1S/C23H35NO2/c1-7-9-11-14-17-18-15-12-16-20(25-6)21(18)24-22(26-23(3,4)5)19(17)13-10-8-2/h12,15-16H,7-11,13-14H2,1-6H3. The summed E-state index contributed by atoms with van der Waals surface area (Å²) in [5.74, 6) is 1.61. The summed E-state index contributed by atoms with van der Waals surface area (Å²) in [6, 6.07) is 6.24. The van der Waals surface area contributed by atoms with E-state index in [2.05, 4.69) is 46.8 Å². The molecule has 0 saturated carbocycles. The summed E-state index contributed by atoms with van der Waals surface area (Å²) in [5, 5.41) is 1.22. The molecule has 0 radical (unpaired) electrons. The highest BCUT2D eigenvalue weighted by Gasteiger charge is 2.21. The van der Waals surface area contributed by atoms with E-state index in [1.165, 1.54) is 42.2 Å². The predicted octanol–water partition coefficient (Wildman–Crippen LogP) is 6.50. The van der Waals surface area contributed by atoms with Crippen molar-refractivity contribution in [2.24, 2.45) is 0 Å².